The van der Waals surface area contributed by atoms with Gasteiger partial charge < -0.3 is 0 Å². The molecule has 0 amide bonds. The molecular weight excluding hydrogens is 224 g/mol. The summed E-state index contributed by atoms with van der Waals surface area (Å²) in [6.07, 6.45) is 4.90. The first-order valence-corrected chi connectivity index (χ1v) is 6.09. The molecule has 0 saturated heterocycles. The number of aromatic nitrogens is 2. The van der Waals surface area contributed by atoms with E-state index in [0.29, 0.717) is 0 Å². The molecule has 82 valence electrons. The van der Waals surface area contributed by atoms with Gasteiger partial charge in [-0.15, -0.1) is 0 Å². The molecule has 4 nitrogen and oxygen atoms in total. The third-order valence-electron chi connectivity index (χ3n) is 2.12. The Kier molecular flexibility index (Phi) is 3.26. The van der Waals surface area contributed by atoms with E-state index in [4.69, 9.17) is 0 Å². The van der Waals surface area contributed by atoms with Crippen LogP contribution in [-0.2, 0) is 16.5 Å². The molecule has 0 bridgehead atoms. The van der Waals surface area contributed by atoms with Crippen LogP contribution in [0.4, 0.5) is 0 Å². The van der Waals surface area contributed by atoms with Gasteiger partial charge in [0.1, 0.15) is 10.7 Å². The maximum atomic E-state index is 10.5. The summed E-state index contributed by atoms with van der Waals surface area (Å²) in [6, 6.07) is 7.26. The van der Waals surface area contributed by atoms with Crippen molar-refractivity contribution in [1.29, 1.82) is 0 Å². The van der Waals surface area contributed by atoms with Crippen molar-refractivity contribution in [1.82, 2.24) is 9.97 Å². The fourth-order valence-electron chi connectivity index (χ4n) is 1.38. The van der Waals surface area contributed by atoms with E-state index >= 15 is 0 Å². The van der Waals surface area contributed by atoms with Gasteiger partial charge in [0, 0.05) is 18.0 Å². The molecule has 5 heteroatoms. The van der Waals surface area contributed by atoms with Gasteiger partial charge in [0.25, 0.3) is 0 Å². The molecule has 1 aromatic carbocycles. The summed E-state index contributed by atoms with van der Waals surface area (Å²) in [5.74, 6) is 0.0794. The van der Waals surface area contributed by atoms with E-state index < -0.39 is 10.7 Å². The predicted molar refractivity (Wildman–Crippen MR) is 61.5 cm³/mol. The molecule has 0 fully saturated rings. The van der Waals surface area contributed by atoms with Gasteiger partial charge in [-0.25, -0.2) is 8.42 Å². The second-order valence-electron chi connectivity index (χ2n) is 3.28. The van der Waals surface area contributed by atoms with Crippen molar-refractivity contribution >= 4 is 10.7 Å². The highest BCUT2D eigenvalue weighted by Gasteiger charge is 1.99. The predicted octanol–water partition coefficient (Wildman–Crippen LogP) is 1.26. The lowest BCUT2D eigenvalue weighted by molar-refractivity contribution is 0.614. The Morgan fingerprint density at radius 1 is 1.06 bits per heavy atom. The lowest BCUT2D eigenvalue weighted by atomic mass is 10.1. The van der Waals surface area contributed by atoms with E-state index in [-0.39, 0.29) is 5.75 Å². The molecule has 16 heavy (non-hydrogen) atoms. The molecule has 0 aliphatic rings. The molecule has 0 spiro atoms. The molecule has 0 unspecified atom stereocenters. The first kappa shape index (κ1) is 10.8. The van der Waals surface area contributed by atoms with Crippen LogP contribution < -0.4 is 0 Å². The third-order valence-corrected chi connectivity index (χ3v) is 2.75. The molecule has 1 aromatic heterocycles. The van der Waals surface area contributed by atoms with Gasteiger partial charge in [-0.2, -0.15) is 0 Å². The van der Waals surface area contributed by atoms with Gasteiger partial charge >= 0.3 is 0 Å². The van der Waals surface area contributed by atoms with Crippen LogP contribution >= 0.6 is 0 Å². The minimum Gasteiger partial charge on any atom is -0.261 e. The van der Waals surface area contributed by atoms with Crippen molar-refractivity contribution in [3.63, 3.8) is 0 Å². The molecule has 0 aliphatic heterocycles. The van der Waals surface area contributed by atoms with Gasteiger partial charge in [-0.3, -0.25) is 9.97 Å². The first-order chi connectivity index (χ1) is 7.75. The molecule has 0 N–H and O–H groups in total. The van der Waals surface area contributed by atoms with E-state index in [9.17, 15) is 8.42 Å². The van der Waals surface area contributed by atoms with Gasteiger partial charge in [-0.05, 0) is 5.56 Å². The van der Waals surface area contributed by atoms with Crippen molar-refractivity contribution in [2.45, 2.75) is 5.75 Å². The number of thiol groups is 1. The fraction of sp³-hybridized carbons (Fsp3) is 0.0909. The Balaban J connectivity index is 2.26. The summed E-state index contributed by atoms with van der Waals surface area (Å²) in [5.41, 5.74) is 2.49. The van der Waals surface area contributed by atoms with Crippen LogP contribution in [0.5, 0.6) is 0 Å². The molecule has 2 aromatic rings. The van der Waals surface area contributed by atoms with Crippen molar-refractivity contribution < 1.29 is 8.42 Å². The standard InChI is InChI=1S/C11H10N2O2S/c14-16(15)8-9-1-3-10(4-2-9)11-7-12-5-6-13-11/h1-7,16H,8H2. The van der Waals surface area contributed by atoms with Gasteiger partial charge in [0.15, 0.2) is 0 Å². The smallest absolute Gasteiger partial charge is 0.144 e. The number of rotatable bonds is 3. The van der Waals surface area contributed by atoms with E-state index in [1.165, 1.54) is 0 Å². The molecule has 2 rings (SSSR count). The lowest BCUT2D eigenvalue weighted by Crippen LogP contribution is -1.88. The van der Waals surface area contributed by atoms with E-state index in [0.717, 1.165) is 16.8 Å². The number of hydrogen-bond donors (Lipinski definition) is 1. The summed E-state index contributed by atoms with van der Waals surface area (Å²) in [7, 11) is -2.37. The van der Waals surface area contributed by atoms with Crippen LogP contribution in [0.1, 0.15) is 5.56 Å². The average molecular weight is 234 g/mol. The largest absolute Gasteiger partial charge is 0.261 e. The zero-order chi connectivity index (χ0) is 11.4. The van der Waals surface area contributed by atoms with Gasteiger partial charge in [0.05, 0.1) is 17.6 Å². The van der Waals surface area contributed by atoms with Crippen molar-refractivity contribution in [3.8, 4) is 11.3 Å². The van der Waals surface area contributed by atoms with Crippen LogP contribution in [-0.4, -0.2) is 18.4 Å². The Hall–Kier alpha value is -1.75. The Morgan fingerprint density at radius 2 is 1.81 bits per heavy atom. The van der Waals surface area contributed by atoms with E-state index in [2.05, 4.69) is 9.97 Å². The lowest BCUT2D eigenvalue weighted by Gasteiger charge is -2.00. The monoisotopic (exact) mass is 234 g/mol. The molecule has 0 atom stereocenters. The van der Waals surface area contributed by atoms with E-state index in [1.807, 2.05) is 12.1 Å². The number of nitrogens with zero attached hydrogens (tertiary/aromatic N) is 2. The summed E-state index contributed by atoms with van der Waals surface area (Å²) < 4.78 is 21.1. The highest BCUT2D eigenvalue weighted by atomic mass is 32.2. The van der Waals surface area contributed by atoms with Gasteiger partial charge in [-0.1, -0.05) is 24.3 Å². The number of benzene rings is 1. The molecule has 1 heterocycles. The van der Waals surface area contributed by atoms with Crippen LogP contribution in [0.25, 0.3) is 11.3 Å². The Bertz CT molecular complexity index is 528. The Morgan fingerprint density at radius 3 is 2.38 bits per heavy atom. The van der Waals surface area contributed by atoms with Gasteiger partial charge in [0.2, 0.25) is 0 Å². The van der Waals surface area contributed by atoms with Crippen LogP contribution in [0.15, 0.2) is 42.9 Å². The zero-order valence-electron chi connectivity index (χ0n) is 8.41. The Labute approximate surface area is 95.0 Å². The van der Waals surface area contributed by atoms with Crippen molar-refractivity contribution in [2.75, 3.05) is 0 Å². The average Bonchev–Trinajstić information content (AvgIpc) is 2.30. The summed E-state index contributed by atoms with van der Waals surface area (Å²) >= 11 is 0. The minimum atomic E-state index is -2.37. The maximum absolute atomic E-state index is 10.5. The second-order valence-corrected chi connectivity index (χ2v) is 4.26. The van der Waals surface area contributed by atoms with Crippen LogP contribution in [0.2, 0.25) is 0 Å². The quantitative estimate of drug-likeness (QED) is 0.812. The zero-order valence-corrected chi connectivity index (χ0v) is 9.30. The van der Waals surface area contributed by atoms with Crippen molar-refractivity contribution in [2.24, 2.45) is 0 Å². The minimum absolute atomic E-state index is 0.0794. The third kappa shape index (κ3) is 2.64. The molecule has 0 radical (unpaired) electrons. The fourth-order valence-corrected chi connectivity index (χ4v) is 1.89. The van der Waals surface area contributed by atoms with Crippen molar-refractivity contribution in [3.05, 3.63) is 48.4 Å². The topological polar surface area (TPSA) is 59.9 Å². The molecule has 0 aliphatic carbocycles. The number of hydrogen-bond acceptors (Lipinski definition) is 4. The first-order valence-electron chi connectivity index (χ1n) is 4.73. The normalized spacial score (nSPS) is 10.6. The highest BCUT2D eigenvalue weighted by molar-refractivity contribution is 7.71. The molecule has 0 saturated carbocycles. The summed E-state index contributed by atoms with van der Waals surface area (Å²) in [5, 5.41) is 0. The summed E-state index contributed by atoms with van der Waals surface area (Å²) in [6.45, 7) is 0. The van der Waals surface area contributed by atoms with E-state index in [1.54, 1.807) is 30.7 Å². The molecular formula is C11H10N2O2S. The highest BCUT2D eigenvalue weighted by Crippen LogP contribution is 2.16. The maximum Gasteiger partial charge on any atom is 0.144 e. The van der Waals surface area contributed by atoms with Crippen LogP contribution in [0.3, 0.4) is 0 Å². The SMILES string of the molecule is O=[SH](=O)Cc1ccc(-c2cnccn2)cc1. The summed E-state index contributed by atoms with van der Waals surface area (Å²) in [4.78, 5) is 8.13. The second kappa shape index (κ2) is 4.85. The van der Waals surface area contributed by atoms with Crippen LogP contribution in [0, 0.1) is 0 Å².